The summed E-state index contributed by atoms with van der Waals surface area (Å²) in [6, 6.07) is 6.98. The molecule has 0 radical (unpaired) electrons. The molecule has 1 N–H and O–H groups in total. The Bertz CT molecular complexity index is 953. The summed E-state index contributed by atoms with van der Waals surface area (Å²) < 4.78 is 21.3. The van der Waals surface area contributed by atoms with E-state index in [-0.39, 0.29) is 13.2 Å². The highest BCUT2D eigenvalue weighted by atomic mass is 32.1. The Morgan fingerprint density at radius 3 is 2.65 bits per heavy atom. The number of esters is 2. The van der Waals surface area contributed by atoms with Crippen molar-refractivity contribution in [2.24, 2.45) is 5.92 Å². The fourth-order valence-electron chi connectivity index (χ4n) is 3.03. The molecule has 166 valence electrons. The lowest BCUT2D eigenvalue weighted by atomic mass is 10.0. The number of nitrogens with one attached hydrogen (secondary N) is 1. The molecule has 0 spiro atoms. The summed E-state index contributed by atoms with van der Waals surface area (Å²) >= 11 is 1.24. The summed E-state index contributed by atoms with van der Waals surface area (Å²) in [5, 5.41) is 4.85. The minimum Gasteiger partial charge on any atom is -0.485 e. The Labute approximate surface area is 184 Å². The van der Waals surface area contributed by atoms with Crippen LogP contribution in [0.25, 0.3) is 0 Å². The molecule has 0 fully saturated rings. The van der Waals surface area contributed by atoms with Crippen molar-refractivity contribution >= 4 is 34.2 Å². The first kappa shape index (κ1) is 22.6. The van der Waals surface area contributed by atoms with Gasteiger partial charge in [0.2, 0.25) is 6.10 Å². The molecule has 0 saturated carbocycles. The third-order valence-electron chi connectivity index (χ3n) is 4.34. The number of benzene rings is 1. The van der Waals surface area contributed by atoms with Crippen molar-refractivity contribution in [1.29, 1.82) is 0 Å². The largest absolute Gasteiger partial charge is 0.485 e. The summed E-state index contributed by atoms with van der Waals surface area (Å²) in [5.74, 6) is -0.439. The van der Waals surface area contributed by atoms with Gasteiger partial charge in [-0.3, -0.25) is 4.79 Å². The van der Waals surface area contributed by atoms with Gasteiger partial charge in [0.15, 0.2) is 18.1 Å². The zero-order valence-corrected chi connectivity index (χ0v) is 18.5. The van der Waals surface area contributed by atoms with E-state index < -0.39 is 30.6 Å². The van der Waals surface area contributed by atoms with Crippen LogP contribution >= 0.6 is 11.3 Å². The molecule has 1 atom stereocenters. The minimum absolute atomic E-state index is 0.00599. The third-order valence-corrected chi connectivity index (χ3v) is 5.29. The monoisotopic (exact) mass is 447 g/mol. The van der Waals surface area contributed by atoms with E-state index in [1.54, 1.807) is 31.2 Å². The van der Waals surface area contributed by atoms with E-state index in [1.807, 2.05) is 19.2 Å². The predicted octanol–water partition coefficient (Wildman–Crippen LogP) is 3.45. The van der Waals surface area contributed by atoms with E-state index in [1.165, 1.54) is 11.3 Å². The van der Waals surface area contributed by atoms with Crippen molar-refractivity contribution in [3.8, 4) is 11.5 Å². The van der Waals surface area contributed by atoms with Crippen molar-refractivity contribution in [2.45, 2.75) is 33.3 Å². The standard InChI is InChI=1S/C22H25NO7S/c1-4-27-22(26)19-14(9-13(2)3)12-31-20(19)23-18(24)11-29-21(25)17-10-28-15-7-5-6-8-16(15)30-17/h5-8,12-13,17H,4,9-11H2,1-3H3,(H,23,24). The van der Waals surface area contributed by atoms with Gasteiger partial charge in [0, 0.05) is 0 Å². The molecule has 1 amide bonds. The number of amides is 1. The van der Waals surface area contributed by atoms with Gasteiger partial charge in [-0.25, -0.2) is 9.59 Å². The lowest BCUT2D eigenvalue weighted by Crippen LogP contribution is -2.39. The van der Waals surface area contributed by atoms with Gasteiger partial charge in [-0.05, 0) is 42.3 Å². The molecule has 31 heavy (non-hydrogen) atoms. The molecular weight excluding hydrogens is 422 g/mol. The first-order valence-electron chi connectivity index (χ1n) is 10.0. The topological polar surface area (TPSA) is 100 Å². The normalized spacial score (nSPS) is 14.8. The molecule has 0 bridgehead atoms. The van der Waals surface area contributed by atoms with E-state index in [0.29, 0.717) is 34.4 Å². The van der Waals surface area contributed by atoms with Crippen LogP contribution in [0.3, 0.4) is 0 Å². The van der Waals surface area contributed by atoms with Crippen LogP contribution in [0.1, 0.15) is 36.7 Å². The van der Waals surface area contributed by atoms with Gasteiger partial charge in [0.05, 0.1) is 12.2 Å². The van der Waals surface area contributed by atoms with E-state index >= 15 is 0 Å². The summed E-state index contributed by atoms with van der Waals surface area (Å²) in [6.07, 6.45) is -0.284. The number of hydrogen-bond acceptors (Lipinski definition) is 8. The van der Waals surface area contributed by atoms with Gasteiger partial charge in [-0.15, -0.1) is 11.3 Å². The van der Waals surface area contributed by atoms with Crippen LogP contribution in [0, 0.1) is 5.92 Å². The Morgan fingerprint density at radius 1 is 1.19 bits per heavy atom. The number of rotatable bonds is 8. The van der Waals surface area contributed by atoms with Crippen molar-refractivity contribution in [2.75, 3.05) is 25.1 Å². The second kappa shape index (κ2) is 10.3. The zero-order chi connectivity index (χ0) is 22.4. The van der Waals surface area contributed by atoms with Gasteiger partial charge in [0.1, 0.15) is 11.6 Å². The Hall–Kier alpha value is -3.07. The highest BCUT2D eigenvalue weighted by Crippen LogP contribution is 2.32. The van der Waals surface area contributed by atoms with E-state index in [9.17, 15) is 14.4 Å². The SMILES string of the molecule is CCOC(=O)c1c(CC(C)C)csc1NC(=O)COC(=O)C1COc2ccccc2O1. The summed E-state index contributed by atoms with van der Waals surface area (Å²) in [6.45, 7) is 5.51. The number of fused-ring (bicyclic) bond motifs is 1. The summed E-state index contributed by atoms with van der Waals surface area (Å²) in [4.78, 5) is 37.0. The second-order valence-electron chi connectivity index (χ2n) is 7.30. The number of ether oxygens (including phenoxy) is 4. The molecule has 1 unspecified atom stereocenters. The summed E-state index contributed by atoms with van der Waals surface area (Å²) in [5.41, 5.74) is 1.16. The van der Waals surface area contributed by atoms with Crippen molar-refractivity contribution < 1.29 is 33.3 Å². The van der Waals surface area contributed by atoms with Crippen molar-refractivity contribution in [3.05, 3.63) is 40.8 Å². The van der Waals surface area contributed by atoms with Crippen LogP contribution in [0.5, 0.6) is 11.5 Å². The molecule has 1 aliphatic rings. The Morgan fingerprint density at radius 2 is 1.94 bits per heavy atom. The van der Waals surface area contributed by atoms with Gasteiger partial charge in [-0.1, -0.05) is 26.0 Å². The number of para-hydroxylation sites is 2. The number of hydrogen-bond donors (Lipinski definition) is 1. The van der Waals surface area contributed by atoms with Gasteiger partial charge in [0.25, 0.3) is 5.91 Å². The molecule has 1 aromatic heterocycles. The smallest absolute Gasteiger partial charge is 0.351 e. The predicted molar refractivity (Wildman–Crippen MR) is 115 cm³/mol. The number of carbonyl (C=O) groups is 3. The van der Waals surface area contributed by atoms with Crippen LogP contribution in [-0.2, 0) is 25.5 Å². The summed E-state index contributed by atoms with van der Waals surface area (Å²) in [7, 11) is 0. The Balaban J connectivity index is 1.59. The van der Waals surface area contributed by atoms with Gasteiger partial charge < -0.3 is 24.3 Å². The fourth-order valence-corrected chi connectivity index (χ4v) is 4.01. The number of anilines is 1. The van der Waals surface area contributed by atoms with Crippen LogP contribution in [-0.4, -0.2) is 43.8 Å². The third kappa shape index (κ3) is 5.75. The highest BCUT2D eigenvalue weighted by molar-refractivity contribution is 7.15. The molecular formula is C22H25NO7S. The molecule has 0 aliphatic carbocycles. The van der Waals surface area contributed by atoms with E-state index in [4.69, 9.17) is 18.9 Å². The molecule has 9 heteroatoms. The van der Waals surface area contributed by atoms with Crippen LogP contribution in [0.2, 0.25) is 0 Å². The highest BCUT2D eigenvalue weighted by Gasteiger charge is 2.29. The first-order chi connectivity index (χ1) is 14.9. The van der Waals surface area contributed by atoms with Crippen molar-refractivity contribution in [1.82, 2.24) is 0 Å². The van der Waals surface area contributed by atoms with Crippen LogP contribution in [0.4, 0.5) is 5.00 Å². The maximum Gasteiger partial charge on any atom is 0.351 e. The van der Waals surface area contributed by atoms with E-state index in [0.717, 1.165) is 5.56 Å². The van der Waals surface area contributed by atoms with Crippen molar-refractivity contribution in [3.63, 3.8) is 0 Å². The van der Waals surface area contributed by atoms with Crippen LogP contribution in [0.15, 0.2) is 29.6 Å². The molecule has 1 aliphatic heterocycles. The van der Waals surface area contributed by atoms with Gasteiger partial charge >= 0.3 is 11.9 Å². The van der Waals surface area contributed by atoms with Crippen LogP contribution < -0.4 is 14.8 Å². The zero-order valence-electron chi connectivity index (χ0n) is 17.6. The lowest BCUT2D eigenvalue weighted by molar-refractivity contribution is -0.156. The van der Waals surface area contributed by atoms with Gasteiger partial charge in [-0.2, -0.15) is 0 Å². The molecule has 0 saturated heterocycles. The average molecular weight is 448 g/mol. The minimum atomic E-state index is -0.961. The molecule has 2 heterocycles. The number of thiophene rings is 1. The lowest BCUT2D eigenvalue weighted by Gasteiger charge is -2.24. The quantitative estimate of drug-likeness (QED) is 0.619. The Kier molecular flexibility index (Phi) is 7.51. The maximum absolute atomic E-state index is 12.4. The number of carbonyl (C=O) groups excluding carboxylic acids is 3. The first-order valence-corrected chi connectivity index (χ1v) is 10.9. The molecule has 2 aromatic rings. The van der Waals surface area contributed by atoms with E-state index in [2.05, 4.69) is 5.32 Å². The molecule has 8 nitrogen and oxygen atoms in total. The molecule has 1 aromatic carbocycles. The fraction of sp³-hybridized carbons (Fsp3) is 0.409. The molecule has 3 rings (SSSR count). The average Bonchev–Trinajstić information content (AvgIpc) is 3.13. The second-order valence-corrected chi connectivity index (χ2v) is 8.18. The maximum atomic E-state index is 12.4.